The second-order valence-corrected chi connectivity index (χ2v) is 7.21. The third-order valence-corrected chi connectivity index (χ3v) is 5.00. The summed E-state index contributed by atoms with van der Waals surface area (Å²) in [5.74, 6) is -0.309. The number of aliphatic hydroxyl groups excluding tert-OH is 1. The minimum atomic E-state index is -3.46. The molecule has 0 radical (unpaired) electrons. The Hall–Kier alpha value is -2.38. The summed E-state index contributed by atoms with van der Waals surface area (Å²) in [6.07, 6.45) is -0.546. The van der Waals surface area contributed by atoms with E-state index < -0.39 is 22.5 Å². The molecule has 0 aliphatic carbocycles. The molecular weight excluding hydrogens is 330 g/mol. The third kappa shape index (κ3) is 5.36. The first kappa shape index (κ1) is 18.0. The maximum absolute atomic E-state index is 11.8. The van der Waals surface area contributed by atoms with Crippen LogP contribution in [0, 0.1) is 0 Å². The molecule has 2 rings (SSSR count). The van der Waals surface area contributed by atoms with Crippen molar-refractivity contribution in [3.05, 3.63) is 65.7 Å². The molecule has 0 saturated carbocycles. The van der Waals surface area contributed by atoms with Crippen LogP contribution in [0.15, 0.2) is 59.5 Å². The zero-order chi connectivity index (χ0) is 17.4. The van der Waals surface area contributed by atoms with E-state index in [0.29, 0.717) is 0 Å². The van der Waals surface area contributed by atoms with Crippen molar-refractivity contribution < 1.29 is 23.1 Å². The number of rotatable bonds is 7. The Morgan fingerprint density at radius 2 is 1.67 bits per heavy atom. The molecule has 2 aromatic carbocycles. The molecule has 0 aliphatic rings. The zero-order valence-electron chi connectivity index (χ0n) is 13.0. The van der Waals surface area contributed by atoms with Crippen LogP contribution in [0.3, 0.4) is 0 Å². The molecule has 7 heteroatoms. The molecule has 2 aromatic rings. The van der Waals surface area contributed by atoms with Gasteiger partial charge in [-0.05, 0) is 23.3 Å². The minimum absolute atomic E-state index is 0.145. The van der Waals surface area contributed by atoms with Gasteiger partial charge in [-0.25, -0.2) is 13.2 Å². The largest absolute Gasteiger partial charge is 0.445 e. The van der Waals surface area contributed by atoms with Crippen LogP contribution in [0.2, 0.25) is 0 Å². The second kappa shape index (κ2) is 8.47. The van der Waals surface area contributed by atoms with Crippen LogP contribution in [0.5, 0.6) is 0 Å². The van der Waals surface area contributed by atoms with Gasteiger partial charge in [0.2, 0.25) is 0 Å². The summed E-state index contributed by atoms with van der Waals surface area (Å²) in [6.45, 7) is -0.00212. The fourth-order valence-corrected chi connectivity index (χ4v) is 3.03. The van der Waals surface area contributed by atoms with Crippen molar-refractivity contribution in [2.75, 3.05) is 12.4 Å². The molecule has 0 heterocycles. The molecule has 0 aromatic heterocycles. The second-order valence-electron chi connectivity index (χ2n) is 5.10. The smallest absolute Gasteiger partial charge is 0.407 e. The lowest BCUT2D eigenvalue weighted by molar-refractivity contribution is 0.139. The minimum Gasteiger partial charge on any atom is -0.445 e. The molecule has 24 heavy (non-hydrogen) atoms. The van der Waals surface area contributed by atoms with Gasteiger partial charge in [0, 0.05) is 6.54 Å². The van der Waals surface area contributed by atoms with Crippen molar-refractivity contribution in [3.63, 3.8) is 0 Å². The quantitative estimate of drug-likeness (QED) is 0.796. The molecule has 0 fully saturated rings. The maximum atomic E-state index is 11.8. The van der Waals surface area contributed by atoms with Gasteiger partial charge in [0.05, 0.1) is 17.3 Å². The van der Waals surface area contributed by atoms with Crippen molar-refractivity contribution in [2.45, 2.75) is 18.0 Å². The summed E-state index contributed by atoms with van der Waals surface area (Å²) in [5, 5.41) is 11.4. The average Bonchev–Trinajstić information content (AvgIpc) is 2.59. The molecule has 0 bridgehead atoms. The summed E-state index contributed by atoms with van der Waals surface area (Å²) in [4.78, 5) is 11.8. The van der Waals surface area contributed by atoms with Crippen LogP contribution < -0.4 is 5.32 Å². The molecule has 1 amide bonds. The number of hydrogen-bond acceptors (Lipinski definition) is 5. The van der Waals surface area contributed by atoms with E-state index in [1.165, 1.54) is 12.1 Å². The van der Waals surface area contributed by atoms with E-state index in [2.05, 4.69) is 5.32 Å². The highest BCUT2D eigenvalue weighted by atomic mass is 32.2. The van der Waals surface area contributed by atoms with Gasteiger partial charge in [-0.2, -0.15) is 0 Å². The third-order valence-electron chi connectivity index (χ3n) is 3.29. The number of carbonyl (C=O) groups excluding carboxylic acids is 1. The lowest BCUT2D eigenvalue weighted by atomic mass is 10.2. The number of ether oxygens (including phenoxy) is 1. The van der Waals surface area contributed by atoms with E-state index in [1.807, 2.05) is 30.3 Å². The first-order valence-corrected chi connectivity index (χ1v) is 9.03. The SMILES string of the molecule is O=C(NCc1ccc(S(=O)(=O)CCO)cc1)OCc1ccccc1. The van der Waals surface area contributed by atoms with Gasteiger partial charge < -0.3 is 15.2 Å². The van der Waals surface area contributed by atoms with Crippen molar-refractivity contribution in [1.29, 1.82) is 0 Å². The van der Waals surface area contributed by atoms with Gasteiger partial charge in [-0.15, -0.1) is 0 Å². The first-order valence-electron chi connectivity index (χ1n) is 7.38. The predicted octanol–water partition coefficient (Wildman–Crippen LogP) is 1.88. The van der Waals surface area contributed by atoms with Crippen molar-refractivity contribution in [3.8, 4) is 0 Å². The van der Waals surface area contributed by atoms with Gasteiger partial charge in [0.1, 0.15) is 6.61 Å². The fourth-order valence-electron chi connectivity index (χ4n) is 2.00. The Morgan fingerprint density at radius 1 is 1.00 bits per heavy atom. The van der Waals surface area contributed by atoms with Gasteiger partial charge >= 0.3 is 6.09 Å². The molecule has 2 N–H and O–H groups in total. The van der Waals surface area contributed by atoms with Crippen LogP contribution in [0.25, 0.3) is 0 Å². The monoisotopic (exact) mass is 349 g/mol. The number of sulfone groups is 1. The van der Waals surface area contributed by atoms with Crippen LogP contribution in [0.4, 0.5) is 4.79 Å². The van der Waals surface area contributed by atoms with Gasteiger partial charge in [0.25, 0.3) is 0 Å². The molecule has 0 spiro atoms. The molecular formula is C17H19NO5S. The molecule has 0 unspecified atom stereocenters. The lowest BCUT2D eigenvalue weighted by Crippen LogP contribution is -2.23. The van der Waals surface area contributed by atoms with E-state index in [0.717, 1.165) is 11.1 Å². The highest BCUT2D eigenvalue weighted by Crippen LogP contribution is 2.12. The first-order chi connectivity index (χ1) is 11.5. The van der Waals surface area contributed by atoms with Gasteiger partial charge in [-0.1, -0.05) is 42.5 Å². The summed E-state index contributed by atoms with van der Waals surface area (Å²) in [7, 11) is -3.46. The molecule has 0 aliphatic heterocycles. The molecule has 128 valence electrons. The van der Waals surface area contributed by atoms with E-state index in [4.69, 9.17) is 9.84 Å². The Kier molecular flexibility index (Phi) is 6.34. The van der Waals surface area contributed by atoms with E-state index in [1.54, 1.807) is 12.1 Å². The molecule has 0 atom stereocenters. The number of benzene rings is 2. The highest BCUT2D eigenvalue weighted by molar-refractivity contribution is 7.91. The summed E-state index contributed by atoms with van der Waals surface area (Å²) in [5.41, 5.74) is 1.64. The number of alkyl carbamates (subject to hydrolysis) is 1. The Balaban J connectivity index is 1.83. The Bertz CT molecular complexity index is 757. The topological polar surface area (TPSA) is 92.7 Å². The Morgan fingerprint density at radius 3 is 2.29 bits per heavy atom. The number of amides is 1. The van der Waals surface area contributed by atoms with Crippen LogP contribution >= 0.6 is 0 Å². The number of nitrogens with one attached hydrogen (secondary N) is 1. The molecule has 0 saturated heterocycles. The molecule has 6 nitrogen and oxygen atoms in total. The van der Waals surface area contributed by atoms with Crippen LogP contribution in [-0.2, 0) is 27.7 Å². The van der Waals surface area contributed by atoms with E-state index in [9.17, 15) is 13.2 Å². The summed E-state index contributed by atoms with van der Waals surface area (Å²) in [6, 6.07) is 15.5. The predicted molar refractivity (Wildman–Crippen MR) is 89.0 cm³/mol. The summed E-state index contributed by atoms with van der Waals surface area (Å²) < 4.78 is 28.6. The Labute approximate surface area is 141 Å². The van der Waals surface area contributed by atoms with Crippen LogP contribution in [0.1, 0.15) is 11.1 Å². The zero-order valence-corrected chi connectivity index (χ0v) is 13.8. The van der Waals surface area contributed by atoms with E-state index >= 15 is 0 Å². The summed E-state index contributed by atoms with van der Waals surface area (Å²) >= 11 is 0. The van der Waals surface area contributed by atoms with Crippen molar-refractivity contribution >= 4 is 15.9 Å². The van der Waals surface area contributed by atoms with Crippen LogP contribution in [-0.4, -0.2) is 32.0 Å². The number of carbonyl (C=O) groups is 1. The van der Waals surface area contributed by atoms with Crippen molar-refractivity contribution in [1.82, 2.24) is 5.32 Å². The average molecular weight is 349 g/mol. The number of aliphatic hydroxyl groups is 1. The lowest BCUT2D eigenvalue weighted by Gasteiger charge is -2.08. The highest BCUT2D eigenvalue weighted by Gasteiger charge is 2.13. The fraction of sp³-hybridized carbons (Fsp3) is 0.235. The number of hydrogen-bond donors (Lipinski definition) is 2. The van der Waals surface area contributed by atoms with Gasteiger partial charge in [-0.3, -0.25) is 0 Å². The normalized spacial score (nSPS) is 11.0. The van der Waals surface area contributed by atoms with E-state index in [-0.39, 0.29) is 23.8 Å². The standard InChI is InChI=1S/C17H19NO5S/c19-10-11-24(21,22)16-8-6-14(7-9-16)12-18-17(20)23-13-15-4-2-1-3-5-15/h1-9,19H,10-13H2,(H,18,20). The van der Waals surface area contributed by atoms with Gasteiger partial charge in [0.15, 0.2) is 9.84 Å². The maximum Gasteiger partial charge on any atom is 0.407 e. The van der Waals surface area contributed by atoms with Crippen molar-refractivity contribution in [2.24, 2.45) is 0 Å².